The Morgan fingerprint density at radius 2 is 1.81 bits per heavy atom. The van der Waals surface area contributed by atoms with Crippen LogP contribution in [0.4, 0.5) is 0 Å². The van der Waals surface area contributed by atoms with Gasteiger partial charge in [0.15, 0.2) is 5.16 Å². The lowest BCUT2D eigenvalue weighted by atomic mass is 10.1. The van der Waals surface area contributed by atoms with Crippen LogP contribution in [0.15, 0.2) is 64.5 Å². The Hall–Kier alpha value is -2.57. The van der Waals surface area contributed by atoms with Gasteiger partial charge in [-0.15, -0.1) is 0 Å². The van der Waals surface area contributed by atoms with E-state index in [1.54, 1.807) is 0 Å². The number of rotatable bonds is 5. The Morgan fingerprint density at radius 3 is 2.59 bits per heavy atom. The van der Waals surface area contributed by atoms with Crippen LogP contribution in [0.2, 0.25) is 5.02 Å². The van der Waals surface area contributed by atoms with E-state index in [-0.39, 0.29) is 5.56 Å². The van der Waals surface area contributed by atoms with E-state index < -0.39 is 0 Å². The van der Waals surface area contributed by atoms with E-state index in [0.29, 0.717) is 34.4 Å². The van der Waals surface area contributed by atoms with E-state index in [9.17, 15) is 4.79 Å². The molecule has 5 nitrogen and oxygen atoms in total. The molecule has 136 valence electrons. The molecule has 0 bridgehead atoms. The number of fused-ring (bicyclic) bond motifs is 1. The highest BCUT2D eigenvalue weighted by Crippen LogP contribution is 2.24. The van der Waals surface area contributed by atoms with Crippen molar-refractivity contribution in [1.29, 1.82) is 0 Å². The van der Waals surface area contributed by atoms with Gasteiger partial charge >= 0.3 is 0 Å². The molecule has 4 aromatic rings. The van der Waals surface area contributed by atoms with Crippen molar-refractivity contribution in [3.05, 3.63) is 92.4 Å². The first-order valence-electron chi connectivity index (χ1n) is 8.50. The summed E-state index contributed by atoms with van der Waals surface area (Å²) in [4.78, 5) is 21.9. The first-order valence-corrected chi connectivity index (χ1v) is 9.86. The maximum Gasteiger partial charge on any atom is 0.277 e. The highest BCUT2D eigenvalue weighted by molar-refractivity contribution is 7.98. The van der Waals surface area contributed by atoms with E-state index in [2.05, 4.69) is 15.1 Å². The number of nitrogens with zero attached hydrogens (tertiary/aromatic N) is 3. The average Bonchev–Trinajstić information content (AvgIpc) is 3.08. The molecule has 7 heteroatoms. The zero-order chi connectivity index (χ0) is 18.8. The van der Waals surface area contributed by atoms with Crippen molar-refractivity contribution in [2.75, 3.05) is 0 Å². The first-order chi connectivity index (χ1) is 13.1. The molecule has 2 aromatic heterocycles. The van der Waals surface area contributed by atoms with Crippen LogP contribution in [0.1, 0.15) is 22.4 Å². The number of benzene rings is 2. The molecule has 0 fully saturated rings. The van der Waals surface area contributed by atoms with E-state index in [1.807, 2.05) is 61.5 Å². The molecule has 0 aliphatic heterocycles. The van der Waals surface area contributed by atoms with Crippen LogP contribution < -0.4 is 5.56 Å². The minimum absolute atomic E-state index is 0.113. The molecule has 0 saturated carbocycles. The average molecular weight is 397 g/mol. The monoisotopic (exact) mass is 396 g/mol. The van der Waals surface area contributed by atoms with Gasteiger partial charge < -0.3 is 0 Å². The van der Waals surface area contributed by atoms with Gasteiger partial charge in [0, 0.05) is 22.8 Å². The minimum Gasteiger partial charge on any atom is -0.267 e. The number of thioether (sulfide) groups is 1. The fourth-order valence-corrected chi connectivity index (χ4v) is 3.99. The lowest BCUT2D eigenvalue weighted by molar-refractivity contribution is 0.825. The van der Waals surface area contributed by atoms with Gasteiger partial charge in [-0.3, -0.25) is 9.89 Å². The number of hydrogen-bond acceptors (Lipinski definition) is 4. The third kappa shape index (κ3) is 3.77. The highest BCUT2D eigenvalue weighted by Gasteiger charge is 2.14. The Labute approximate surface area is 165 Å². The van der Waals surface area contributed by atoms with Crippen LogP contribution in [-0.4, -0.2) is 19.6 Å². The van der Waals surface area contributed by atoms with Crippen molar-refractivity contribution < 1.29 is 0 Å². The van der Waals surface area contributed by atoms with Crippen LogP contribution in [0.25, 0.3) is 5.78 Å². The third-order valence-electron chi connectivity index (χ3n) is 4.32. The molecular formula is C20H17ClN4OS. The van der Waals surface area contributed by atoms with E-state index in [0.717, 1.165) is 16.1 Å². The maximum atomic E-state index is 12.9. The molecule has 0 radical (unpaired) electrons. The SMILES string of the molecule is Cc1nc2nc(SCc3ccccc3Cl)[nH]n2c(=O)c1Cc1ccccc1. The lowest BCUT2D eigenvalue weighted by Gasteiger charge is -2.04. The fourth-order valence-electron chi connectivity index (χ4n) is 2.86. The summed E-state index contributed by atoms with van der Waals surface area (Å²) >= 11 is 7.69. The summed E-state index contributed by atoms with van der Waals surface area (Å²) in [5.74, 6) is 1.04. The van der Waals surface area contributed by atoms with Crippen molar-refractivity contribution in [3.8, 4) is 0 Å². The quantitative estimate of drug-likeness (QED) is 0.512. The smallest absolute Gasteiger partial charge is 0.267 e. The molecule has 0 aliphatic carbocycles. The molecule has 0 unspecified atom stereocenters. The molecule has 0 amide bonds. The number of halogens is 1. The van der Waals surface area contributed by atoms with Crippen LogP contribution in [0, 0.1) is 6.92 Å². The number of hydrogen-bond donors (Lipinski definition) is 1. The number of H-pyrrole nitrogens is 1. The Bertz CT molecular complexity index is 1150. The molecule has 1 N–H and O–H groups in total. The molecule has 2 heterocycles. The second-order valence-corrected chi connectivity index (χ2v) is 7.56. The minimum atomic E-state index is -0.113. The molecule has 0 aliphatic rings. The van der Waals surface area contributed by atoms with Gasteiger partial charge in [0.05, 0.1) is 5.69 Å². The number of aryl methyl sites for hydroxylation is 1. The molecule has 0 saturated heterocycles. The van der Waals surface area contributed by atoms with Gasteiger partial charge in [-0.2, -0.15) is 9.50 Å². The molecule has 2 aromatic carbocycles. The summed E-state index contributed by atoms with van der Waals surface area (Å²) in [6.07, 6.45) is 0.544. The van der Waals surface area contributed by atoms with Gasteiger partial charge in [0.1, 0.15) is 0 Å². The third-order valence-corrected chi connectivity index (χ3v) is 5.60. The van der Waals surface area contributed by atoms with Crippen LogP contribution in [0.5, 0.6) is 0 Å². The predicted molar refractivity (Wildman–Crippen MR) is 109 cm³/mol. The largest absolute Gasteiger partial charge is 0.277 e. The van der Waals surface area contributed by atoms with Gasteiger partial charge in [0.25, 0.3) is 11.3 Å². The van der Waals surface area contributed by atoms with Crippen LogP contribution >= 0.6 is 23.4 Å². The molecular weight excluding hydrogens is 380 g/mol. The topological polar surface area (TPSA) is 63.1 Å². The van der Waals surface area contributed by atoms with Crippen molar-refractivity contribution in [1.82, 2.24) is 19.6 Å². The summed E-state index contributed by atoms with van der Waals surface area (Å²) in [5, 5.41) is 4.41. The summed E-state index contributed by atoms with van der Waals surface area (Å²) < 4.78 is 1.42. The number of aromatic nitrogens is 4. The van der Waals surface area contributed by atoms with Crippen molar-refractivity contribution in [2.45, 2.75) is 24.3 Å². The van der Waals surface area contributed by atoms with Gasteiger partial charge in [-0.05, 0) is 24.1 Å². The second-order valence-electron chi connectivity index (χ2n) is 6.19. The zero-order valence-electron chi connectivity index (χ0n) is 14.6. The summed E-state index contributed by atoms with van der Waals surface area (Å²) in [5.41, 5.74) is 3.36. The lowest BCUT2D eigenvalue weighted by Crippen LogP contribution is -2.22. The first kappa shape index (κ1) is 17.8. The number of nitrogens with one attached hydrogen (secondary N) is 1. The fraction of sp³-hybridized carbons (Fsp3) is 0.150. The molecule has 4 rings (SSSR count). The normalized spacial score (nSPS) is 11.2. The summed E-state index contributed by atoms with van der Waals surface area (Å²) in [6.45, 7) is 1.85. The van der Waals surface area contributed by atoms with Gasteiger partial charge in [-0.1, -0.05) is 71.9 Å². The van der Waals surface area contributed by atoms with E-state index >= 15 is 0 Å². The van der Waals surface area contributed by atoms with Gasteiger partial charge in [-0.25, -0.2) is 4.98 Å². The van der Waals surface area contributed by atoms with E-state index in [1.165, 1.54) is 16.3 Å². The maximum absolute atomic E-state index is 12.9. The Balaban J connectivity index is 1.63. The van der Waals surface area contributed by atoms with Crippen molar-refractivity contribution in [2.24, 2.45) is 0 Å². The van der Waals surface area contributed by atoms with Crippen LogP contribution in [0.3, 0.4) is 0 Å². The number of aromatic amines is 1. The Kier molecular flexibility index (Phi) is 5.01. The van der Waals surface area contributed by atoms with E-state index in [4.69, 9.17) is 11.6 Å². The van der Waals surface area contributed by atoms with Crippen molar-refractivity contribution in [3.63, 3.8) is 0 Å². The zero-order valence-corrected chi connectivity index (χ0v) is 16.2. The van der Waals surface area contributed by atoms with Gasteiger partial charge in [0.2, 0.25) is 0 Å². The second kappa shape index (κ2) is 7.58. The standard InChI is InChI=1S/C20H17ClN4OS/c1-13-16(11-14-7-3-2-4-8-14)18(26)25-19(22-13)23-20(24-25)27-12-15-9-5-6-10-17(15)21/h2-10H,11-12H2,1H3,(H,22,23,24). The predicted octanol–water partition coefficient (Wildman–Crippen LogP) is 4.26. The molecule has 0 spiro atoms. The highest BCUT2D eigenvalue weighted by atomic mass is 35.5. The summed E-state index contributed by atoms with van der Waals surface area (Å²) in [6, 6.07) is 17.6. The summed E-state index contributed by atoms with van der Waals surface area (Å²) in [7, 11) is 0. The van der Waals surface area contributed by atoms with Crippen molar-refractivity contribution >= 4 is 29.1 Å². The molecule has 0 atom stereocenters. The molecule has 27 heavy (non-hydrogen) atoms. The van der Waals surface area contributed by atoms with Crippen LogP contribution in [-0.2, 0) is 12.2 Å². The Morgan fingerprint density at radius 1 is 1.07 bits per heavy atom.